The molecule has 1 fully saturated rings. The Morgan fingerprint density at radius 3 is 2.21 bits per heavy atom. The molecule has 1 saturated carbocycles. The van der Waals surface area contributed by atoms with Crippen LogP contribution in [0.1, 0.15) is 32.1 Å². The van der Waals surface area contributed by atoms with Crippen molar-refractivity contribution in [3.8, 4) is 11.5 Å². The molecule has 0 amide bonds. The molecule has 1 aliphatic carbocycles. The summed E-state index contributed by atoms with van der Waals surface area (Å²) in [5.41, 5.74) is 2.46. The molecule has 3 rings (SSSR count). The Bertz CT molecular complexity index is 467. The van der Waals surface area contributed by atoms with Gasteiger partial charge in [0, 0.05) is 18.7 Å². The van der Waals surface area contributed by atoms with Crippen molar-refractivity contribution in [2.24, 2.45) is 0 Å². The fourth-order valence-electron chi connectivity index (χ4n) is 3.25. The van der Waals surface area contributed by atoms with Gasteiger partial charge < -0.3 is 20.1 Å². The minimum atomic E-state index is 0.227. The van der Waals surface area contributed by atoms with E-state index in [0.717, 1.165) is 29.4 Å². The van der Waals surface area contributed by atoms with Crippen molar-refractivity contribution in [3.63, 3.8) is 0 Å². The molecule has 1 aromatic rings. The number of benzene rings is 1. The smallest absolute Gasteiger partial charge is 0.162 e. The van der Waals surface area contributed by atoms with Gasteiger partial charge in [0.1, 0.15) is 0 Å². The number of ether oxygens (including phenoxy) is 2. The van der Waals surface area contributed by atoms with Crippen LogP contribution in [-0.4, -0.2) is 26.3 Å². The third-order valence-electron chi connectivity index (χ3n) is 4.35. The summed E-state index contributed by atoms with van der Waals surface area (Å²) in [5, 5.41) is 7.29. The average molecular weight is 262 g/mol. The van der Waals surface area contributed by atoms with Crippen LogP contribution < -0.4 is 20.1 Å². The van der Waals surface area contributed by atoms with Crippen LogP contribution in [-0.2, 0) is 0 Å². The van der Waals surface area contributed by atoms with Gasteiger partial charge in [-0.2, -0.15) is 0 Å². The van der Waals surface area contributed by atoms with Gasteiger partial charge >= 0.3 is 0 Å². The van der Waals surface area contributed by atoms with Gasteiger partial charge in [-0.15, -0.1) is 0 Å². The molecule has 2 aliphatic rings. The monoisotopic (exact) mass is 262 g/mol. The number of hydrogen-bond donors (Lipinski definition) is 2. The standard InChI is InChI=1S/C15H22N2O2/c1-18-13-8-11-12(9-14(13)19-2)17-15(10-16-11)6-4-3-5-7-15/h8-9,16-17H,3-7,10H2,1-2H3. The SMILES string of the molecule is COc1cc2c(cc1OC)NC1(CCCCC1)CN2. The third-order valence-corrected chi connectivity index (χ3v) is 4.35. The number of fused-ring (bicyclic) bond motifs is 1. The Hall–Kier alpha value is -1.58. The van der Waals surface area contributed by atoms with Crippen LogP contribution in [0, 0.1) is 0 Å². The van der Waals surface area contributed by atoms with E-state index < -0.39 is 0 Å². The highest BCUT2D eigenvalue weighted by Gasteiger charge is 2.35. The van der Waals surface area contributed by atoms with Gasteiger partial charge in [-0.25, -0.2) is 0 Å². The Kier molecular flexibility index (Phi) is 3.17. The third kappa shape index (κ3) is 2.20. The zero-order chi connectivity index (χ0) is 13.3. The lowest BCUT2D eigenvalue weighted by Gasteiger charge is -2.43. The molecule has 4 heteroatoms. The lowest BCUT2D eigenvalue weighted by molar-refractivity contribution is 0.332. The summed E-state index contributed by atoms with van der Waals surface area (Å²) in [5.74, 6) is 1.55. The van der Waals surface area contributed by atoms with Crippen molar-refractivity contribution >= 4 is 11.4 Å². The number of nitrogens with one attached hydrogen (secondary N) is 2. The maximum Gasteiger partial charge on any atom is 0.162 e. The Morgan fingerprint density at radius 2 is 1.58 bits per heavy atom. The van der Waals surface area contributed by atoms with Crippen molar-refractivity contribution < 1.29 is 9.47 Å². The van der Waals surface area contributed by atoms with Crippen LogP contribution in [0.25, 0.3) is 0 Å². The van der Waals surface area contributed by atoms with Crippen LogP contribution in [0.15, 0.2) is 12.1 Å². The topological polar surface area (TPSA) is 42.5 Å². The second kappa shape index (κ2) is 4.83. The zero-order valence-electron chi connectivity index (χ0n) is 11.7. The summed E-state index contributed by atoms with van der Waals surface area (Å²) in [4.78, 5) is 0. The van der Waals surface area contributed by atoms with Gasteiger partial charge in [-0.1, -0.05) is 19.3 Å². The molecule has 1 spiro atoms. The lowest BCUT2D eigenvalue weighted by Crippen LogP contribution is -2.49. The maximum absolute atomic E-state index is 5.39. The van der Waals surface area contributed by atoms with Crippen LogP contribution in [0.3, 0.4) is 0 Å². The van der Waals surface area contributed by atoms with Gasteiger partial charge in [0.25, 0.3) is 0 Å². The molecule has 2 N–H and O–H groups in total. The van der Waals surface area contributed by atoms with Crippen molar-refractivity contribution in [2.45, 2.75) is 37.6 Å². The van der Waals surface area contributed by atoms with E-state index in [1.165, 1.54) is 32.1 Å². The summed E-state index contributed by atoms with van der Waals surface area (Å²) in [6.45, 7) is 0.996. The van der Waals surface area contributed by atoms with Crippen molar-refractivity contribution in [3.05, 3.63) is 12.1 Å². The molecule has 1 aromatic carbocycles. The van der Waals surface area contributed by atoms with E-state index in [1.807, 2.05) is 12.1 Å². The van der Waals surface area contributed by atoms with Gasteiger partial charge in [0.05, 0.1) is 31.1 Å². The Labute approximate surface area is 114 Å². The number of anilines is 2. The molecule has 0 unspecified atom stereocenters. The molecule has 0 radical (unpaired) electrons. The number of hydrogen-bond acceptors (Lipinski definition) is 4. The quantitative estimate of drug-likeness (QED) is 0.858. The van der Waals surface area contributed by atoms with Crippen LogP contribution in [0.2, 0.25) is 0 Å². The van der Waals surface area contributed by atoms with E-state index in [-0.39, 0.29) is 5.54 Å². The highest BCUT2D eigenvalue weighted by Crippen LogP contribution is 2.43. The normalized spacial score (nSPS) is 20.1. The minimum absolute atomic E-state index is 0.227. The summed E-state index contributed by atoms with van der Waals surface area (Å²) in [7, 11) is 3.35. The summed E-state index contributed by atoms with van der Waals surface area (Å²) in [6.07, 6.45) is 6.48. The molecule has 0 atom stereocenters. The summed E-state index contributed by atoms with van der Waals surface area (Å²) in [6, 6.07) is 4.05. The van der Waals surface area contributed by atoms with E-state index >= 15 is 0 Å². The predicted octanol–water partition coefficient (Wildman–Crippen LogP) is 3.24. The molecular formula is C15H22N2O2. The largest absolute Gasteiger partial charge is 0.493 e. The number of rotatable bonds is 2. The second-order valence-corrected chi connectivity index (χ2v) is 5.57. The number of methoxy groups -OCH3 is 2. The summed E-state index contributed by atoms with van der Waals surface area (Å²) >= 11 is 0. The van der Waals surface area contributed by atoms with E-state index in [9.17, 15) is 0 Å². The Morgan fingerprint density at radius 1 is 0.947 bits per heavy atom. The second-order valence-electron chi connectivity index (χ2n) is 5.57. The van der Waals surface area contributed by atoms with Crippen LogP contribution in [0.4, 0.5) is 11.4 Å². The fraction of sp³-hybridized carbons (Fsp3) is 0.600. The molecule has 0 bridgehead atoms. The van der Waals surface area contributed by atoms with E-state index in [1.54, 1.807) is 14.2 Å². The first-order chi connectivity index (χ1) is 9.26. The molecule has 0 aromatic heterocycles. The average Bonchev–Trinajstić information content (AvgIpc) is 2.46. The minimum Gasteiger partial charge on any atom is -0.493 e. The predicted molar refractivity (Wildman–Crippen MR) is 77.5 cm³/mol. The molecule has 1 heterocycles. The highest BCUT2D eigenvalue weighted by molar-refractivity contribution is 5.77. The van der Waals surface area contributed by atoms with Crippen molar-refractivity contribution in [1.82, 2.24) is 0 Å². The van der Waals surface area contributed by atoms with Gasteiger partial charge in [-0.05, 0) is 12.8 Å². The first-order valence-electron chi connectivity index (χ1n) is 7.04. The van der Waals surface area contributed by atoms with Gasteiger partial charge in [0.15, 0.2) is 11.5 Å². The lowest BCUT2D eigenvalue weighted by atomic mass is 9.80. The van der Waals surface area contributed by atoms with E-state index in [0.29, 0.717) is 0 Å². The van der Waals surface area contributed by atoms with E-state index in [2.05, 4.69) is 10.6 Å². The molecule has 19 heavy (non-hydrogen) atoms. The zero-order valence-corrected chi connectivity index (χ0v) is 11.7. The van der Waals surface area contributed by atoms with Gasteiger partial charge in [-0.3, -0.25) is 0 Å². The molecular weight excluding hydrogens is 240 g/mol. The molecule has 1 aliphatic heterocycles. The van der Waals surface area contributed by atoms with Crippen molar-refractivity contribution in [1.29, 1.82) is 0 Å². The van der Waals surface area contributed by atoms with Crippen LogP contribution >= 0.6 is 0 Å². The molecule has 4 nitrogen and oxygen atoms in total. The van der Waals surface area contributed by atoms with Crippen molar-refractivity contribution in [2.75, 3.05) is 31.4 Å². The first kappa shape index (κ1) is 12.5. The summed E-state index contributed by atoms with van der Waals surface area (Å²) < 4.78 is 10.7. The van der Waals surface area contributed by atoms with E-state index in [4.69, 9.17) is 9.47 Å². The Balaban J connectivity index is 1.91. The first-order valence-corrected chi connectivity index (χ1v) is 7.04. The van der Waals surface area contributed by atoms with Gasteiger partial charge in [0.2, 0.25) is 0 Å². The fourth-order valence-corrected chi connectivity index (χ4v) is 3.25. The van der Waals surface area contributed by atoms with Crippen LogP contribution in [0.5, 0.6) is 11.5 Å². The molecule has 0 saturated heterocycles. The highest BCUT2D eigenvalue weighted by atomic mass is 16.5. The molecule has 104 valence electrons. The maximum atomic E-state index is 5.39.